The maximum absolute atomic E-state index is 11.5. The Bertz CT molecular complexity index is 177. The number of hydrogen-bond acceptors (Lipinski definition) is 3. The van der Waals surface area contributed by atoms with Gasteiger partial charge in [0.05, 0.1) is 6.54 Å². The van der Waals surface area contributed by atoms with Crippen molar-refractivity contribution in [1.29, 1.82) is 0 Å². The zero-order valence-electron chi connectivity index (χ0n) is 8.78. The number of nitrogens with zero attached hydrogens (tertiary/aromatic N) is 1. The second-order valence-corrected chi connectivity index (χ2v) is 3.28. The lowest BCUT2D eigenvalue weighted by atomic mass is 10.4. The molecule has 1 fully saturated rings. The fraction of sp³-hybridized carbons (Fsp3) is 0.889. The molecular weight excluding hydrogens is 184 g/mol. The van der Waals surface area contributed by atoms with E-state index in [4.69, 9.17) is 9.47 Å². The molecule has 0 spiro atoms. The molecule has 1 rings (SSSR count). The summed E-state index contributed by atoms with van der Waals surface area (Å²) in [6.45, 7) is 2.11. The molecule has 0 bridgehead atoms. The van der Waals surface area contributed by atoms with Gasteiger partial charge in [0.1, 0.15) is 0 Å². The number of nitrogens with one attached hydrogen (secondary N) is 1. The fourth-order valence-electron chi connectivity index (χ4n) is 1.47. The Morgan fingerprint density at radius 1 is 1.36 bits per heavy atom. The van der Waals surface area contributed by atoms with Gasteiger partial charge >= 0.3 is 6.03 Å². The van der Waals surface area contributed by atoms with Gasteiger partial charge < -0.3 is 19.7 Å². The molecule has 5 heteroatoms. The average Bonchev–Trinajstić information content (AvgIpc) is 2.72. The van der Waals surface area contributed by atoms with Gasteiger partial charge in [-0.05, 0) is 12.8 Å². The Labute approximate surface area is 84.4 Å². The molecule has 0 aromatic rings. The highest BCUT2D eigenvalue weighted by molar-refractivity contribution is 5.74. The molecule has 0 saturated carbocycles. The van der Waals surface area contributed by atoms with Crippen LogP contribution in [0.4, 0.5) is 4.79 Å². The molecule has 0 aromatic carbocycles. The molecule has 0 atom stereocenters. The van der Waals surface area contributed by atoms with Gasteiger partial charge in [0, 0.05) is 27.3 Å². The summed E-state index contributed by atoms with van der Waals surface area (Å²) in [5.74, 6) is 0. The second kappa shape index (κ2) is 5.82. The summed E-state index contributed by atoms with van der Waals surface area (Å²) in [6.07, 6.45) is 1.85. The maximum atomic E-state index is 11.5. The van der Waals surface area contributed by atoms with Crippen molar-refractivity contribution >= 4 is 6.03 Å². The van der Waals surface area contributed by atoms with Gasteiger partial charge in [-0.2, -0.15) is 0 Å². The molecule has 14 heavy (non-hydrogen) atoms. The average molecular weight is 202 g/mol. The van der Waals surface area contributed by atoms with Gasteiger partial charge in [0.15, 0.2) is 6.29 Å². The summed E-state index contributed by atoms with van der Waals surface area (Å²) in [5, 5.41) is 2.76. The predicted octanol–water partition coefficient (Wildman–Crippen LogP) is 0.411. The van der Waals surface area contributed by atoms with E-state index in [0.717, 1.165) is 25.9 Å². The van der Waals surface area contributed by atoms with Crippen LogP contribution in [0.25, 0.3) is 0 Å². The Morgan fingerprint density at radius 2 is 1.93 bits per heavy atom. The molecule has 1 saturated heterocycles. The van der Waals surface area contributed by atoms with Crippen LogP contribution in [0.1, 0.15) is 12.8 Å². The summed E-state index contributed by atoms with van der Waals surface area (Å²) < 4.78 is 9.91. The normalized spacial score (nSPS) is 16.4. The van der Waals surface area contributed by atoms with Gasteiger partial charge in [0.25, 0.3) is 0 Å². The van der Waals surface area contributed by atoms with Crippen LogP contribution in [0, 0.1) is 0 Å². The molecule has 1 N–H and O–H groups in total. The number of carbonyl (C=O) groups excluding carboxylic acids is 1. The van der Waals surface area contributed by atoms with Crippen molar-refractivity contribution < 1.29 is 14.3 Å². The first-order valence-electron chi connectivity index (χ1n) is 4.86. The highest BCUT2D eigenvalue weighted by Crippen LogP contribution is 2.06. The Morgan fingerprint density at radius 3 is 2.43 bits per heavy atom. The van der Waals surface area contributed by atoms with E-state index in [1.165, 1.54) is 0 Å². The standard InChI is InChI=1S/C9H18N2O3/c1-13-8(14-2)7-10-9(12)11-5-3-4-6-11/h8H,3-7H2,1-2H3,(H,10,12). The monoisotopic (exact) mass is 202 g/mol. The van der Waals surface area contributed by atoms with Crippen LogP contribution in [-0.2, 0) is 9.47 Å². The van der Waals surface area contributed by atoms with Gasteiger partial charge in [-0.1, -0.05) is 0 Å². The van der Waals surface area contributed by atoms with Crippen molar-refractivity contribution in [3.63, 3.8) is 0 Å². The Hall–Kier alpha value is -0.810. The van der Waals surface area contributed by atoms with Gasteiger partial charge in [-0.25, -0.2) is 4.79 Å². The van der Waals surface area contributed by atoms with Crippen molar-refractivity contribution in [3.8, 4) is 0 Å². The van der Waals surface area contributed by atoms with E-state index in [-0.39, 0.29) is 12.3 Å². The smallest absolute Gasteiger partial charge is 0.317 e. The molecule has 0 radical (unpaired) electrons. The van der Waals surface area contributed by atoms with Crippen molar-refractivity contribution in [2.45, 2.75) is 19.1 Å². The number of urea groups is 1. The first-order chi connectivity index (χ1) is 6.77. The van der Waals surface area contributed by atoms with E-state index in [9.17, 15) is 4.79 Å². The quantitative estimate of drug-likeness (QED) is 0.672. The van der Waals surface area contributed by atoms with Gasteiger partial charge in [-0.3, -0.25) is 0 Å². The highest BCUT2D eigenvalue weighted by Gasteiger charge is 2.18. The topological polar surface area (TPSA) is 50.8 Å². The fourth-order valence-corrected chi connectivity index (χ4v) is 1.47. The van der Waals surface area contributed by atoms with Gasteiger partial charge in [-0.15, -0.1) is 0 Å². The van der Waals surface area contributed by atoms with Crippen molar-refractivity contribution in [2.24, 2.45) is 0 Å². The zero-order valence-corrected chi connectivity index (χ0v) is 8.78. The van der Waals surface area contributed by atoms with E-state index in [1.54, 1.807) is 14.2 Å². The predicted molar refractivity (Wildman–Crippen MR) is 52.0 cm³/mol. The molecule has 1 aliphatic heterocycles. The van der Waals surface area contributed by atoms with E-state index < -0.39 is 0 Å². The molecule has 5 nitrogen and oxygen atoms in total. The number of hydrogen-bond donors (Lipinski definition) is 1. The first kappa shape index (κ1) is 11.3. The van der Waals surface area contributed by atoms with Crippen LogP contribution in [0.3, 0.4) is 0 Å². The minimum atomic E-state index is -0.360. The molecule has 2 amide bonds. The van der Waals surface area contributed by atoms with E-state index in [1.807, 2.05) is 4.90 Å². The summed E-state index contributed by atoms with van der Waals surface area (Å²) >= 11 is 0. The molecule has 0 unspecified atom stereocenters. The van der Waals surface area contributed by atoms with E-state index >= 15 is 0 Å². The largest absolute Gasteiger partial charge is 0.354 e. The third-order valence-electron chi connectivity index (χ3n) is 2.34. The lowest BCUT2D eigenvalue weighted by molar-refractivity contribution is -0.0974. The van der Waals surface area contributed by atoms with Crippen LogP contribution >= 0.6 is 0 Å². The first-order valence-corrected chi connectivity index (χ1v) is 4.86. The highest BCUT2D eigenvalue weighted by atomic mass is 16.7. The summed E-state index contributed by atoms with van der Waals surface area (Å²) in [4.78, 5) is 13.3. The number of rotatable bonds is 4. The van der Waals surface area contributed by atoms with Crippen LogP contribution in [0.5, 0.6) is 0 Å². The maximum Gasteiger partial charge on any atom is 0.317 e. The SMILES string of the molecule is COC(CNC(=O)N1CCCC1)OC. The molecule has 82 valence electrons. The van der Waals surface area contributed by atoms with Crippen molar-refractivity contribution in [3.05, 3.63) is 0 Å². The summed E-state index contributed by atoms with van der Waals surface area (Å²) in [6, 6.07) is -0.0263. The summed E-state index contributed by atoms with van der Waals surface area (Å²) in [7, 11) is 3.10. The minimum Gasteiger partial charge on any atom is -0.354 e. The Kier molecular flexibility index (Phi) is 4.69. The van der Waals surface area contributed by atoms with Crippen LogP contribution in [0.2, 0.25) is 0 Å². The molecule has 0 aliphatic carbocycles. The molecule has 0 aromatic heterocycles. The minimum absolute atomic E-state index is 0.0263. The summed E-state index contributed by atoms with van der Waals surface area (Å²) in [5.41, 5.74) is 0. The number of carbonyl (C=O) groups is 1. The van der Waals surface area contributed by atoms with Crippen molar-refractivity contribution in [2.75, 3.05) is 33.9 Å². The van der Waals surface area contributed by atoms with Crippen LogP contribution in [-0.4, -0.2) is 51.1 Å². The third kappa shape index (κ3) is 3.16. The van der Waals surface area contributed by atoms with Crippen molar-refractivity contribution in [1.82, 2.24) is 10.2 Å². The Balaban J connectivity index is 2.19. The van der Waals surface area contributed by atoms with E-state index in [0.29, 0.717) is 6.54 Å². The number of amides is 2. The third-order valence-corrected chi connectivity index (χ3v) is 2.34. The van der Waals surface area contributed by atoms with Crippen LogP contribution < -0.4 is 5.32 Å². The number of ether oxygens (including phenoxy) is 2. The lowest BCUT2D eigenvalue weighted by Gasteiger charge is -2.19. The molecule has 1 heterocycles. The van der Waals surface area contributed by atoms with E-state index in [2.05, 4.69) is 5.32 Å². The van der Waals surface area contributed by atoms with Gasteiger partial charge in [0.2, 0.25) is 0 Å². The van der Waals surface area contributed by atoms with Crippen LogP contribution in [0.15, 0.2) is 0 Å². The lowest BCUT2D eigenvalue weighted by Crippen LogP contribution is -2.42. The molecular formula is C9H18N2O3. The second-order valence-electron chi connectivity index (χ2n) is 3.28. The molecule has 1 aliphatic rings. The number of methoxy groups -OCH3 is 2. The number of likely N-dealkylation sites (tertiary alicyclic amines) is 1. The zero-order chi connectivity index (χ0) is 10.4.